The molecule has 1 rings (SSSR count). The molecule has 0 N–H and O–H groups in total. The standard InChI is InChI=1S/C14H14O4/c1-4-18-14(16)8-6-12-9-11(10(2)15)5-7-13(12)17-3/h5,7,9H,4H2,1-3H3. The number of esters is 1. The van der Waals surface area contributed by atoms with Gasteiger partial charge in [-0.2, -0.15) is 0 Å². The molecule has 0 heterocycles. The molecule has 0 atom stereocenters. The first-order chi connectivity index (χ1) is 8.58. The van der Waals surface area contributed by atoms with Crippen molar-refractivity contribution in [3.05, 3.63) is 29.3 Å². The van der Waals surface area contributed by atoms with Crippen molar-refractivity contribution in [2.45, 2.75) is 13.8 Å². The van der Waals surface area contributed by atoms with Crippen LogP contribution in [0.15, 0.2) is 18.2 Å². The number of carbonyl (C=O) groups excluding carboxylic acids is 2. The lowest BCUT2D eigenvalue weighted by molar-refractivity contribution is -0.136. The Morgan fingerprint density at radius 2 is 2.06 bits per heavy atom. The van der Waals surface area contributed by atoms with Crippen LogP contribution in [0.5, 0.6) is 5.75 Å². The van der Waals surface area contributed by atoms with Gasteiger partial charge in [-0.25, -0.2) is 4.79 Å². The zero-order valence-corrected chi connectivity index (χ0v) is 10.6. The second-order valence-corrected chi connectivity index (χ2v) is 3.44. The van der Waals surface area contributed by atoms with Gasteiger partial charge in [0, 0.05) is 11.5 Å². The monoisotopic (exact) mass is 246 g/mol. The fourth-order valence-electron chi connectivity index (χ4n) is 1.31. The Bertz CT molecular complexity index is 520. The number of benzene rings is 1. The van der Waals surface area contributed by atoms with E-state index in [1.54, 1.807) is 25.1 Å². The van der Waals surface area contributed by atoms with Gasteiger partial charge in [-0.15, -0.1) is 0 Å². The van der Waals surface area contributed by atoms with Crippen molar-refractivity contribution in [1.29, 1.82) is 0 Å². The molecule has 0 aromatic heterocycles. The number of methoxy groups -OCH3 is 1. The van der Waals surface area contributed by atoms with E-state index in [0.717, 1.165) is 0 Å². The maximum absolute atomic E-state index is 11.3. The Morgan fingerprint density at radius 1 is 1.33 bits per heavy atom. The Labute approximate surface area is 106 Å². The second-order valence-electron chi connectivity index (χ2n) is 3.44. The smallest absolute Gasteiger partial charge is 0.384 e. The van der Waals surface area contributed by atoms with Gasteiger partial charge in [0.1, 0.15) is 5.75 Å². The van der Waals surface area contributed by atoms with Gasteiger partial charge in [-0.1, -0.05) is 5.92 Å². The van der Waals surface area contributed by atoms with Crippen molar-refractivity contribution in [3.63, 3.8) is 0 Å². The van der Waals surface area contributed by atoms with E-state index < -0.39 is 5.97 Å². The van der Waals surface area contributed by atoms with Crippen molar-refractivity contribution in [3.8, 4) is 17.6 Å². The van der Waals surface area contributed by atoms with Crippen LogP contribution < -0.4 is 4.74 Å². The van der Waals surface area contributed by atoms with E-state index in [0.29, 0.717) is 16.9 Å². The predicted molar refractivity (Wildman–Crippen MR) is 66.5 cm³/mol. The quantitative estimate of drug-likeness (QED) is 0.463. The minimum atomic E-state index is -0.604. The number of rotatable bonds is 3. The molecule has 0 bridgehead atoms. The van der Waals surface area contributed by atoms with Gasteiger partial charge in [-0.3, -0.25) is 4.79 Å². The maximum atomic E-state index is 11.3. The first-order valence-corrected chi connectivity index (χ1v) is 5.46. The molecule has 0 saturated heterocycles. The van der Waals surface area contributed by atoms with Crippen molar-refractivity contribution in [2.24, 2.45) is 0 Å². The first kappa shape index (κ1) is 13.8. The summed E-state index contributed by atoms with van der Waals surface area (Å²) in [5, 5.41) is 0. The van der Waals surface area contributed by atoms with E-state index in [-0.39, 0.29) is 12.4 Å². The van der Waals surface area contributed by atoms with Crippen LogP contribution in [0.4, 0.5) is 0 Å². The van der Waals surface area contributed by atoms with Crippen LogP contribution >= 0.6 is 0 Å². The summed E-state index contributed by atoms with van der Waals surface area (Å²) in [5.74, 6) is 4.82. The molecule has 0 fully saturated rings. The first-order valence-electron chi connectivity index (χ1n) is 5.46. The van der Waals surface area contributed by atoms with Crippen molar-refractivity contribution >= 4 is 11.8 Å². The van der Waals surface area contributed by atoms with Crippen molar-refractivity contribution in [2.75, 3.05) is 13.7 Å². The van der Waals surface area contributed by atoms with Gasteiger partial charge in [0.15, 0.2) is 5.78 Å². The lowest BCUT2D eigenvalue weighted by Crippen LogP contribution is -2.00. The van der Waals surface area contributed by atoms with Crippen LogP contribution in [-0.2, 0) is 9.53 Å². The third-order valence-electron chi connectivity index (χ3n) is 2.18. The number of carbonyl (C=O) groups is 2. The molecule has 94 valence electrons. The highest BCUT2D eigenvalue weighted by Gasteiger charge is 2.05. The summed E-state index contributed by atoms with van der Waals surface area (Å²) in [4.78, 5) is 22.4. The van der Waals surface area contributed by atoms with Crippen LogP contribution in [0.25, 0.3) is 0 Å². The molecule has 0 saturated carbocycles. The van der Waals surface area contributed by atoms with Crippen LogP contribution in [0.2, 0.25) is 0 Å². The number of hydrogen-bond donors (Lipinski definition) is 0. The predicted octanol–water partition coefficient (Wildman–Crippen LogP) is 1.81. The van der Waals surface area contributed by atoms with Gasteiger partial charge in [0.05, 0.1) is 19.3 Å². The van der Waals surface area contributed by atoms with E-state index >= 15 is 0 Å². The summed E-state index contributed by atoms with van der Waals surface area (Å²) in [6.45, 7) is 3.44. The van der Waals surface area contributed by atoms with E-state index in [2.05, 4.69) is 11.8 Å². The fraction of sp³-hybridized carbons (Fsp3) is 0.286. The molecular weight excluding hydrogens is 232 g/mol. The van der Waals surface area contributed by atoms with E-state index in [9.17, 15) is 9.59 Å². The van der Waals surface area contributed by atoms with Gasteiger partial charge >= 0.3 is 5.97 Å². The molecule has 18 heavy (non-hydrogen) atoms. The zero-order valence-electron chi connectivity index (χ0n) is 10.6. The molecule has 1 aromatic rings. The molecule has 4 nitrogen and oxygen atoms in total. The summed E-state index contributed by atoms with van der Waals surface area (Å²) < 4.78 is 9.80. The molecule has 0 spiro atoms. The Balaban J connectivity index is 3.08. The summed E-state index contributed by atoms with van der Waals surface area (Å²) in [6.07, 6.45) is 0. The normalized spacial score (nSPS) is 9.06. The maximum Gasteiger partial charge on any atom is 0.384 e. The average Bonchev–Trinajstić information content (AvgIpc) is 2.36. The van der Waals surface area contributed by atoms with Crippen molar-refractivity contribution < 1.29 is 19.1 Å². The van der Waals surface area contributed by atoms with Gasteiger partial charge in [0.25, 0.3) is 0 Å². The highest BCUT2D eigenvalue weighted by molar-refractivity contribution is 5.95. The Morgan fingerprint density at radius 3 is 2.61 bits per heavy atom. The largest absolute Gasteiger partial charge is 0.495 e. The van der Waals surface area contributed by atoms with E-state index in [4.69, 9.17) is 9.47 Å². The molecule has 1 aromatic carbocycles. The van der Waals surface area contributed by atoms with Crippen LogP contribution in [0, 0.1) is 11.8 Å². The Hall–Kier alpha value is -2.28. The highest BCUT2D eigenvalue weighted by atomic mass is 16.5. The number of ether oxygens (including phenoxy) is 2. The van der Waals surface area contributed by atoms with Gasteiger partial charge < -0.3 is 9.47 Å². The summed E-state index contributed by atoms with van der Waals surface area (Å²) >= 11 is 0. The topological polar surface area (TPSA) is 52.6 Å². The summed E-state index contributed by atoms with van der Waals surface area (Å²) in [7, 11) is 1.50. The van der Waals surface area contributed by atoms with Crippen LogP contribution in [0.1, 0.15) is 29.8 Å². The third-order valence-corrected chi connectivity index (χ3v) is 2.18. The minimum absolute atomic E-state index is 0.0724. The van der Waals surface area contributed by atoms with Gasteiger partial charge in [-0.05, 0) is 32.0 Å². The number of hydrogen-bond acceptors (Lipinski definition) is 4. The lowest BCUT2D eigenvalue weighted by atomic mass is 10.1. The summed E-state index contributed by atoms with van der Waals surface area (Å²) in [6, 6.07) is 4.88. The van der Waals surface area contributed by atoms with Gasteiger partial charge in [0.2, 0.25) is 0 Å². The van der Waals surface area contributed by atoms with E-state index in [1.165, 1.54) is 14.0 Å². The average molecular weight is 246 g/mol. The molecule has 0 unspecified atom stereocenters. The molecule has 0 radical (unpaired) electrons. The third kappa shape index (κ3) is 3.63. The molecule has 0 aliphatic carbocycles. The molecular formula is C14H14O4. The SMILES string of the molecule is CCOC(=O)C#Cc1cc(C(C)=O)ccc1OC. The van der Waals surface area contributed by atoms with Crippen molar-refractivity contribution in [1.82, 2.24) is 0 Å². The Kier molecular flexibility index (Phi) is 4.94. The molecule has 0 aliphatic heterocycles. The second kappa shape index (κ2) is 6.45. The van der Waals surface area contributed by atoms with Crippen LogP contribution in [0.3, 0.4) is 0 Å². The summed E-state index contributed by atoms with van der Waals surface area (Å²) in [5.41, 5.74) is 1.00. The minimum Gasteiger partial charge on any atom is -0.495 e. The number of ketones is 1. The lowest BCUT2D eigenvalue weighted by Gasteiger charge is -2.04. The molecule has 4 heteroatoms. The van der Waals surface area contributed by atoms with E-state index in [1.807, 2.05) is 0 Å². The highest BCUT2D eigenvalue weighted by Crippen LogP contribution is 2.19. The molecule has 0 aliphatic rings. The fourth-order valence-corrected chi connectivity index (χ4v) is 1.31. The van der Waals surface area contributed by atoms with Crippen LogP contribution in [-0.4, -0.2) is 25.5 Å². The number of Topliss-reactive ketones (excluding diaryl/α,β-unsaturated/α-hetero) is 1. The zero-order chi connectivity index (χ0) is 13.5. The molecule has 0 amide bonds.